The summed E-state index contributed by atoms with van der Waals surface area (Å²) in [7, 11) is 0. The van der Waals surface area contributed by atoms with Crippen molar-refractivity contribution in [3.05, 3.63) is 89.0 Å². The van der Waals surface area contributed by atoms with Crippen molar-refractivity contribution in [3.63, 3.8) is 0 Å². The average Bonchev–Trinajstić information content (AvgIpc) is 2.63. The van der Waals surface area contributed by atoms with E-state index in [9.17, 15) is 18.4 Å². The number of benzene rings is 3. The third kappa shape index (κ3) is 3.52. The molecular formula is C21H15F2NO2. The molecule has 0 atom stereocenters. The molecule has 3 aromatic carbocycles. The quantitative estimate of drug-likeness (QED) is 0.672. The van der Waals surface area contributed by atoms with Gasteiger partial charge < -0.3 is 5.32 Å². The number of carbonyl (C=O) groups is 2. The van der Waals surface area contributed by atoms with Crippen molar-refractivity contribution in [3.8, 4) is 11.1 Å². The minimum absolute atomic E-state index is 0.408. The van der Waals surface area contributed by atoms with Gasteiger partial charge in [0.15, 0.2) is 0 Å². The molecule has 0 aliphatic heterocycles. The van der Waals surface area contributed by atoms with Crippen LogP contribution >= 0.6 is 0 Å². The maximum Gasteiger partial charge on any atom is 0.261 e. The largest absolute Gasteiger partial charge is 0.322 e. The monoisotopic (exact) mass is 351 g/mol. The summed E-state index contributed by atoms with van der Waals surface area (Å²) in [4.78, 5) is 23.1. The number of anilines is 1. The molecule has 0 heterocycles. The van der Waals surface area contributed by atoms with Gasteiger partial charge in [0.2, 0.25) is 0 Å². The molecule has 0 unspecified atom stereocenters. The maximum absolute atomic E-state index is 13.7. The summed E-state index contributed by atoms with van der Waals surface area (Å²) in [5.74, 6) is -2.69. The first-order valence-electron chi connectivity index (χ1n) is 7.91. The molecule has 3 nitrogen and oxygen atoms in total. The molecule has 0 radical (unpaired) electrons. The molecule has 0 fully saturated rings. The van der Waals surface area contributed by atoms with Gasteiger partial charge in [-0.1, -0.05) is 30.3 Å². The summed E-state index contributed by atoms with van der Waals surface area (Å²) >= 11 is 0. The summed E-state index contributed by atoms with van der Waals surface area (Å²) in [5, 5.41) is 2.48. The molecule has 3 rings (SSSR count). The van der Waals surface area contributed by atoms with Gasteiger partial charge in [0.05, 0.1) is 0 Å². The van der Waals surface area contributed by atoms with E-state index in [-0.39, 0.29) is 0 Å². The van der Waals surface area contributed by atoms with Crippen molar-refractivity contribution in [2.75, 3.05) is 5.32 Å². The van der Waals surface area contributed by atoms with Crippen molar-refractivity contribution in [2.24, 2.45) is 0 Å². The first-order valence-corrected chi connectivity index (χ1v) is 7.91. The standard InChI is InChI=1S/C21H15F2NO2/c1-13-5-6-14(12-25)11-17(13)15-7-9-16(10-8-15)24-21(26)20-18(22)3-2-4-19(20)23/h2-12H,1H3,(H,24,26). The third-order valence-corrected chi connectivity index (χ3v) is 4.04. The molecule has 26 heavy (non-hydrogen) atoms. The van der Waals surface area contributed by atoms with Crippen LogP contribution in [-0.2, 0) is 0 Å². The highest BCUT2D eigenvalue weighted by Gasteiger charge is 2.17. The topological polar surface area (TPSA) is 46.2 Å². The minimum atomic E-state index is -0.916. The maximum atomic E-state index is 13.7. The number of amides is 1. The van der Waals surface area contributed by atoms with Gasteiger partial charge in [0.25, 0.3) is 5.91 Å². The minimum Gasteiger partial charge on any atom is -0.322 e. The lowest BCUT2D eigenvalue weighted by molar-refractivity contribution is 0.101. The summed E-state index contributed by atoms with van der Waals surface area (Å²) < 4.78 is 27.4. The molecule has 0 bridgehead atoms. The van der Waals surface area contributed by atoms with Crippen LogP contribution in [0.15, 0.2) is 60.7 Å². The van der Waals surface area contributed by atoms with Gasteiger partial charge in [-0.25, -0.2) is 8.78 Å². The zero-order valence-corrected chi connectivity index (χ0v) is 13.9. The number of hydrogen-bond donors (Lipinski definition) is 1. The number of rotatable bonds is 4. The molecule has 0 aliphatic rings. The van der Waals surface area contributed by atoms with Crippen molar-refractivity contribution >= 4 is 17.9 Å². The van der Waals surface area contributed by atoms with Gasteiger partial charge in [-0.2, -0.15) is 0 Å². The van der Waals surface area contributed by atoms with Crippen molar-refractivity contribution < 1.29 is 18.4 Å². The van der Waals surface area contributed by atoms with Crippen LogP contribution in [0, 0.1) is 18.6 Å². The Bertz CT molecular complexity index is 962. The molecule has 1 N–H and O–H groups in total. The number of halogens is 2. The SMILES string of the molecule is Cc1ccc(C=O)cc1-c1ccc(NC(=O)c2c(F)cccc2F)cc1. The Morgan fingerprint density at radius 3 is 2.23 bits per heavy atom. The van der Waals surface area contributed by atoms with Gasteiger partial charge in [0.1, 0.15) is 23.5 Å². The second-order valence-electron chi connectivity index (χ2n) is 5.82. The van der Waals surface area contributed by atoms with Gasteiger partial charge in [0, 0.05) is 11.3 Å². The Balaban J connectivity index is 1.84. The van der Waals surface area contributed by atoms with Crippen LogP contribution in [0.3, 0.4) is 0 Å². The highest BCUT2D eigenvalue weighted by Crippen LogP contribution is 2.26. The third-order valence-electron chi connectivity index (χ3n) is 4.04. The van der Waals surface area contributed by atoms with Crippen LogP contribution in [0.5, 0.6) is 0 Å². The molecule has 3 aromatic rings. The lowest BCUT2D eigenvalue weighted by atomic mass is 9.98. The van der Waals surface area contributed by atoms with E-state index in [4.69, 9.17) is 0 Å². The highest BCUT2D eigenvalue weighted by atomic mass is 19.1. The second-order valence-corrected chi connectivity index (χ2v) is 5.82. The Morgan fingerprint density at radius 1 is 0.962 bits per heavy atom. The first kappa shape index (κ1) is 17.5. The van der Waals surface area contributed by atoms with Crippen LogP contribution in [-0.4, -0.2) is 12.2 Å². The van der Waals surface area contributed by atoms with E-state index in [2.05, 4.69) is 5.32 Å². The lowest BCUT2D eigenvalue weighted by Gasteiger charge is -2.10. The fourth-order valence-electron chi connectivity index (χ4n) is 2.67. The Labute approximate surface area is 149 Å². The van der Waals surface area contributed by atoms with Gasteiger partial charge in [-0.05, 0) is 53.9 Å². The first-order chi connectivity index (χ1) is 12.5. The molecule has 0 saturated carbocycles. The van der Waals surface area contributed by atoms with Crippen LogP contribution in [0.2, 0.25) is 0 Å². The second kappa shape index (κ2) is 7.27. The number of nitrogens with one attached hydrogen (secondary N) is 1. The lowest BCUT2D eigenvalue weighted by Crippen LogP contribution is -2.15. The zero-order valence-electron chi connectivity index (χ0n) is 13.9. The van der Waals surface area contributed by atoms with Gasteiger partial charge >= 0.3 is 0 Å². The summed E-state index contributed by atoms with van der Waals surface area (Å²) in [5.41, 5.74) is 3.12. The molecule has 0 saturated heterocycles. The van der Waals surface area contributed by atoms with E-state index >= 15 is 0 Å². The van der Waals surface area contributed by atoms with E-state index in [1.54, 1.807) is 36.4 Å². The molecule has 130 valence electrons. The molecule has 0 spiro atoms. The van der Waals surface area contributed by atoms with Gasteiger partial charge in [-0.3, -0.25) is 9.59 Å². The number of aldehydes is 1. The number of aryl methyl sites for hydroxylation is 1. The van der Waals surface area contributed by atoms with E-state index in [1.165, 1.54) is 6.07 Å². The molecular weight excluding hydrogens is 336 g/mol. The zero-order chi connectivity index (χ0) is 18.7. The fraction of sp³-hybridized carbons (Fsp3) is 0.0476. The van der Waals surface area contributed by atoms with Crippen LogP contribution in [0.25, 0.3) is 11.1 Å². The van der Waals surface area contributed by atoms with Crippen LogP contribution in [0.1, 0.15) is 26.3 Å². The van der Waals surface area contributed by atoms with E-state index in [0.29, 0.717) is 11.3 Å². The summed E-state index contributed by atoms with van der Waals surface area (Å²) in [6.45, 7) is 1.93. The van der Waals surface area contributed by atoms with E-state index < -0.39 is 23.1 Å². The molecule has 0 aromatic heterocycles. The molecule has 1 amide bonds. The summed E-state index contributed by atoms with van der Waals surface area (Å²) in [6.07, 6.45) is 0.778. The predicted molar refractivity (Wildman–Crippen MR) is 96.3 cm³/mol. The van der Waals surface area contributed by atoms with Crippen LogP contribution in [0.4, 0.5) is 14.5 Å². The Kier molecular flexibility index (Phi) is 4.89. The van der Waals surface area contributed by atoms with Crippen molar-refractivity contribution in [1.82, 2.24) is 0 Å². The number of carbonyl (C=O) groups excluding carboxylic acids is 2. The summed E-state index contributed by atoms with van der Waals surface area (Å²) in [6, 6.07) is 15.5. The Hall–Kier alpha value is -3.34. The molecule has 0 aliphatic carbocycles. The van der Waals surface area contributed by atoms with Crippen LogP contribution < -0.4 is 5.32 Å². The van der Waals surface area contributed by atoms with Crippen molar-refractivity contribution in [1.29, 1.82) is 0 Å². The smallest absolute Gasteiger partial charge is 0.261 e. The number of hydrogen-bond acceptors (Lipinski definition) is 2. The Morgan fingerprint density at radius 2 is 1.62 bits per heavy atom. The van der Waals surface area contributed by atoms with Crippen molar-refractivity contribution in [2.45, 2.75) is 6.92 Å². The fourth-order valence-corrected chi connectivity index (χ4v) is 2.67. The normalized spacial score (nSPS) is 10.4. The average molecular weight is 351 g/mol. The predicted octanol–water partition coefficient (Wildman–Crippen LogP) is 5.01. The van der Waals surface area contributed by atoms with E-state index in [1.807, 2.05) is 13.0 Å². The van der Waals surface area contributed by atoms with E-state index in [0.717, 1.165) is 35.1 Å². The molecule has 5 heteroatoms. The highest BCUT2D eigenvalue weighted by molar-refractivity contribution is 6.04. The van der Waals surface area contributed by atoms with Gasteiger partial charge in [-0.15, -0.1) is 0 Å².